The third-order valence-corrected chi connectivity index (χ3v) is 5.67. The lowest BCUT2D eigenvalue weighted by Crippen LogP contribution is -2.49. The highest BCUT2D eigenvalue weighted by Gasteiger charge is 2.32. The maximum absolute atomic E-state index is 12.0. The Hall–Kier alpha value is -1.56. The monoisotopic (exact) mass is 317 g/mol. The van der Waals surface area contributed by atoms with Crippen LogP contribution < -0.4 is 4.90 Å². The summed E-state index contributed by atoms with van der Waals surface area (Å²) in [6, 6.07) is 0.555. The van der Waals surface area contributed by atoms with Crippen LogP contribution in [0, 0.1) is 5.92 Å². The van der Waals surface area contributed by atoms with Gasteiger partial charge in [0.1, 0.15) is 0 Å². The van der Waals surface area contributed by atoms with E-state index >= 15 is 0 Å². The second-order valence-corrected chi connectivity index (χ2v) is 7.41. The molecule has 1 saturated carbocycles. The Balaban J connectivity index is 1.30. The Morgan fingerprint density at radius 3 is 2.65 bits per heavy atom. The van der Waals surface area contributed by atoms with Crippen molar-refractivity contribution >= 4 is 11.7 Å². The van der Waals surface area contributed by atoms with Gasteiger partial charge in [-0.15, -0.1) is 0 Å². The predicted molar refractivity (Wildman–Crippen MR) is 89.7 cm³/mol. The fourth-order valence-electron chi connectivity index (χ4n) is 4.15. The second-order valence-electron chi connectivity index (χ2n) is 7.41. The normalized spacial score (nSPS) is 24.5. The summed E-state index contributed by atoms with van der Waals surface area (Å²) >= 11 is 0. The van der Waals surface area contributed by atoms with E-state index in [1.165, 1.54) is 38.6 Å². The number of amides is 2. The van der Waals surface area contributed by atoms with Crippen molar-refractivity contribution < 1.29 is 4.79 Å². The number of hydrogen-bond donors (Lipinski definition) is 0. The second kappa shape index (κ2) is 6.15. The Labute approximate surface area is 138 Å². The van der Waals surface area contributed by atoms with Crippen LogP contribution in [-0.4, -0.2) is 65.4 Å². The third kappa shape index (κ3) is 2.96. The summed E-state index contributed by atoms with van der Waals surface area (Å²) < 4.78 is 2.05. The first-order chi connectivity index (χ1) is 11.2. The number of aromatic nitrogens is 2. The topological polar surface area (TPSA) is 44.6 Å². The highest BCUT2D eigenvalue weighted by Crippen LogP contribution is 2.29. The van der Waals surface area contributed by atoms with Gasteiger partial charge in [-0.3, -0.25) is 14.5 Å². The summed E-state index contributed by atoms with van der Waals surface area (Å²) in [5.74, 6) is 0.913. The fourth-order valence-corrected chi connectivity index (χ4v) is 4.15. The highest BCUT2D eigenvalue weighted by molar-refractivity contribution is 5.93. The number of anilines is 1. The van der Waals surface area contributed by atoms with Gasteiger partial charge in [0.2, 0.25) is 0 Å². The number of hydrogen-bond acceptors (Lipinski definition) is 3. The number of likely N-dealkylation sites (N-methyl/N-ethyl adjacent to an activating group) is 1. The predicted octanol–water partition coefficient (Wildman–Crippen LogP) is 2.19. The zero-order valence-corrected chi connectivity index (χ0v) is 14.0. The summed E-state index contributed by atoms with van der Waals surface area (Å²) in [6.07, 6.45) is 11.0. The maximum atomic E-state index is 12.0. The van der Waals surface area contributed by atoms with E-state index in [0.717, 1.165) is 37.8 Å². The molecule has 0 aromatic carbocycles. The van der Waals surface area contributed by atoms with Gasteiger partial charge in [-0.05, 0) is 18.8 Å². The van der Waals surface area contributed by atoms with Crippen molar-refractivity contribution in [1.29, 1.82) is 0 Å². The van der Waals surface area contributed by atoms with Crippen LogP contribution >= 0.6 is 0 Å². The molecular weight excluding hydrogens is 290 g/mol. The number of nitrogens with zero attached hydrogens (tertiary/aromatic N) is 5. The molecule has 2 saturated heterocycles. The first-order valence-corrected chi connectivity index (χ1v) is 9.00. The molecule has 0 atom stereocenters. The van der Waals surface area contributed by atoms with Crippen molar-refractivity contribution in [3.05, 3.63) is 12.4 Å². The molecule has 3 fully saturated rings. The largest absolute Gasteiger partial charge is 0.326 e. The molecule has 1 aromatic rings. The quantitative estimate of drug-likeness (QED) is 0.855. The lowest BCUT2D eigenvalue weighted by molar-refractivity contribution is 0.0726. The first-order valence-electron chi connectivity index (χ1n) is 9.00. The van der Waals surface area contributed by atoms with Gasteiger partial charge < -0.3 is 4.90 Å². The number of rotatable bonds is 4. The average Bonchev–Trinajstić information content (AvgIpc) is 3.12. The van der Waals surface area contributed by atoms with Gasteiger partial charge in [-0.2, -0.15) is 5.10 Å². The standard InChI is InChI=1S/C17H27N5O/c1-19-7-8-21(17(19)23)15-9-18-22(13-15)16-11-20(12-16)10-14-5-3-2-4-6-14/h9,13-14,16H,2-8,10-12H2,1H3. The minimum Gasteiger partial charge on any atom is -0.326 e. The van der Waals surface area contributed by atoms with E-state index in [1.807, 2.05) is 24.3 Å². The average molecular weight is 317 g/mol. The number of carbonyl (C=O) groups excluding carboxylic acids is 1. The van der Waals surface area contributed by atoms with E-state index in [-0.39, 0.29) is 6.03 Å². The highest BCUT2D eigenvalue weighted by atomic mass is 16.2. The number of urea groups is 1. The Kier molecular flexibility index (Phi) is 4.01. The van der Waals surface area contributed by atoms with E-state index in [0.29, 0.717) is 6.04 Å². The van der Waals surface area contributed by atoms with Crippen LogP contribution in [0.15, 0.2) is 12.4 Å². The molecule has 0 radical (unpaired) electrons. The van der Waals surface area contributed by atoms with Gasteiger partial charge in [-0.1, -0.05) is 19.3 Å². The molecule has 2 amide bonds. The lowest BCUT2D eigenvalue weighted by atomic mass is 9.88. The summed E-state index contributed by atoms with van der Waals surface area (Å²) in [5.41, 5.74) is 0.935. The molecule has 1 aromatic heterocycles. The molecule has 2 aliphatic heterocycles. The van der Waals surface area contributed by atoms with E-state index in [4.69, 9.17) is 0 Å². The zero-order chi connectivity index (χ0) is 15.8. The van der Waals surface area contributed by atoms with Gasteiger partial charge in [0.25, 0.3) is 0 Å². The summed E-state index contributed by atoms with van der Waals surface area (Å²) in [5, 5.41) is 4.50. The van der Waals surface area contributed by atoms with Crippen molar-refractivity contribution in [3.8, 4) is 0 Å². The molecule has 0 N–H and O–H groups in total. The van der Waals surface area contributed by atoms with Gasteiger partial charge in [0, 0.05) is 46.0 Å². The minimum atomic E-state index is 0.0806. The molecule has 3 heterocycles. The van der Waals surface area contributed by atoms with Crippen LogP contribution in [0.1, 0.15) is 38.1 Å². The fraction of sp³-hybridized carbons (Fsp3) is 0.765. The van der Waals surface area contributed by atoms with Crippen LogP contribution in [-0.2, 0) is 0 Å². The van der Waals surface area contributed by atoms with Crippen molar-refractivity contribution in [2.75, 3.05) is 44.7 Å². The molecule has 0 unspecified atom stereocenters. The first kappa shape index (κ1) is 15.0. The summed E-state index contributed by atoms with van der Waals surface area (Å²) in [4.78, 5) is 18.2. The molecular formula is C17H27N5O. The molecule has 23 heavy (non-hydrogen) atoms. The molecule has 3 aliphatic rings. The molecule has 6 nitrogen and oxygen atoms in total. The maximum Gasteiger partial charge on any atom is 0.324 e. The van der Waals surface area contributed by atoms with Crippen LogP contribution in [0.25, 0.3) is 0 Å². The Bertz CT molecular complexity index is 559. The SMILES string of the molecule is CN1CCN(c2cnn(C3CN(CC4CCCCC4)C3)c2)C1=O. The molecule has 0 bridgehead atoms. The van der Waals surface area contributed by atoms with Crippen molar-refractivity contribution in [2.24, 2.45) is 5.92 Å². The Morgan fingerprint density at radius 1 is 1.17 bits per heavy atom. The molecule has 126 valence electrons. The Morgan fingerprint density at radius 2 is 1.96 bits per heavy atom. The van der Waals surface area contributed by atoms with Crippen molar-refractivity contribution in [3.63, 3.8) is 0 Å². The zero-order valence-electron chi connectivity index (χ0n) is 14.0. The molecule has 0 spiro atoms. The van der Waals surface area contributed by atoms with E-state index < -0.39 is 0 Å². The minimum absolute atomic E-state index is 0.0806. The lowest BCUT2D eigenvalue weighted by Gasteiger charge is -2.41. The van der Waals surface area contributed by atoms with Gasteiger partial charge in [0.05, 0.1) is 17.9 Å². The molecule has 4 rings (SSSR count). The van der Waals surface area contributed by atoms with Crippen molar-refractivity contribution in [2.45, 2.75) is 38.1 Å². The molecule has 1 aliphatic carbocycles. The van der Waals surface area contributed by atoms with E-state index in [9.17, 15) is 4.79 Å². The van der Waals surface area contributed by atoms with Gasteiger partial charge in [0.15, 0.2) is 0 Å². The van der Waals surface area contributed by atoms with Gasteiger partial charge in [-0.25, -0.2) is 4.79 Å². The third-order valence-electron chi connectivity index (χ3n) is 5.67. The smallest absolute Gasteiger partial charge is 0.324 e. The summed E-state index contributed by atoms with van der Waals surface area (Å²) in [7, 11) is 1.85. The summed E-state index contributed by atoms with van der Waals surface area (Å²) in [6.45, 7) is 5.03. The van der Waals surface area contributed by atoms with Crippen LogP contribution in [0.2, 0.25) is 0 Å². The van der Waals surface area contributed by atoms with Crippen LogP contribution in [0.4, 0.5) is 10.5 Å². The number of likely N-dealkylation sites (tertiary alicyclic amines) is 1. The van der Waals surface area contributed by atoms with Crippen molar-refractivity contribution in [1.82, 2.24) is 19.6 Å². The van der Waals surface area contributed by atoms with Gasteiger partial charge >= 0.3 is 6.03 Å². The van der Waals surface area contributed by atoms with Crippen LogP contribution in [0.5, 0.6) is 0 Å². The van der Waals surface area contributed by atoms with E-state index in [2.05, 4.69) is 14.7 Å². The van der Waals surface area contributed by atoms with E-state index in [1.54, 1.807) is 4.90 Å². The van der Waals surface area contributed by atoms with Crippen LogP contribution in [0.3, 0.4) is 0 Å². The number of carbonyl (C=O) groups is 1. The molecule has 6 heteroatoms.